The minimum atomic E-state index is 0.372. The summed E-state index contributed by atoms with van der Waals surface area (Å²) in [6.45, 7) is 4.12. The molecule has 0 fully saturated rings. The fourth-order valence-electron chi connectivity index (χ4n) is 2.70. The number of aromatic nitrogens is 4. The first-order valence-corrected chi connectivity index (χ1v) is 8.24. The van der Waals surface area contributed by atoms with E-state index in [2.05, 4.69) is 51.4 Å². The van der Waals surface area contributed by atoms with Crippen LogP contribution in [0.2, 0.25) is 0 Å². The van der Waals surface area contributed by atoms with Gasteiger partial charge in [-0.05, 0) is 25.5 Å². The van der Waals surface area contributed by atoms with E-state index in [1.807, 2.05) is 36.4 Å². The number of rotatable bonds is 4. The summed E-state index contributed by atoms with van der Waals surface area (Å²) < 4.78 is 5.45. The summed E-state index contributed by atoms with van der Waals surface area (Å²) in [5.41, 5.74) is 4.86. The number of anilines is 2. The molecule has 2 aromatic carbocycles. The second kappa shape index (κ2) is 6.76. The monoisotopic (exact) mass is 343 g/mol. The first kappa shape index (κ1) is 16.0. The van der Waals surface area contributed by atoms with Crippen LogP contribution in [0.1, 0.15) is 11.1 Å². The van der Waals surface area contributed by atoms with Crippen molar-refractivity contribution in [3.8, 4) is 22.8 Å². The maximum atomic E-state index is 5.45. The smallest absolute Gasteiger partial charge is 0.263 e. The van der Waals surface area contributed by atoms with Gasteiger partial charge >= 0.3 is 0 Å². The zero-order chi connectivity index (χ0) is 17.9. The Morgan fingerprint density at radius 3 is 2.65 bits per heavy atom. The van der Waals surface area contributed by atoms with Crippen molar-refractivity contribution in [3.05, 3.63) is 72.2 Å². The quantitative estimate of drug-likeness (QED) is 0.585. The Kier molecular flexibility index (Phi) is 4.15. The van der Waals surface area contributed by atoms with Crippen LogP contribution in [0.3, 0.4) is 0 Å². The lowest BCUT2D eigenvalue weighted by atomic mass is 10.1. The molecule has 26 heavy (non-hydrogen) atoms. The normalized spacial score (nSPS) is 10.7. The fourth-order valence-corrected chi connectivity index (χ4v) is 2.70. The highest BCUT2D eigenvalue weighted by atomic mass is 16.5. The SMILES string of the molecule is Cc1ccc(Nc2ncncc2-c2nc(-c3ccccc3)no2)c(C)c1. The van der Waals surface area contributed by atoms with E-state index < -0.39 is 0 Å². The molecule has 0 unspecified atom stereocenters. The van der Waals surface area contributed by atoms with Crippen LogP contribution in [0.5, 0.6) is 0 Å². The van der Waals surface area contributed by atoms with Gasteiger partial charge in [0.1, 0.15) is 17.7 Å². The van der Waals surface area contributed by atoms with E-state index >= 15 is 0 Å². The predicted molar refractivity (Wildman–Crippen MR) is 100.0 cm³/mol. The molecule has 0 aliphatic carbocycles. The molecule has 0 saturated heterocycles. The Morgan fingerprint density at radius 2 is 1.85 bits per heavy atom. The van der Waals surface area contributed by atoms with E-state index in [1.54, 1.807) is 6.20 Å². The summed E-state index contributed by atoms with van der Waals surface area (Å²) in [6, 6.07) is 15.9. The second-order valence-corrected chi connectivity index (χ2v) is 6.02. The molecule has 0 aliphatic rings. The molecule has 0 radical (unpaired) electrons. The van der Waals surface area contributed by atoms with Crippen LogP contribution in [0.15, 0.2) is 65.6 Å². The summed E-state index contributed by atoms with van der Waals surface area (Å²) in [5, 5.41) is 7.41. The van der Waals surface area contributed by atoms with Gasteiger partial charge in [0.15, 0.2) is 0 Å². The lowest BCUT2D eigenvalue weighted by Crippen LogP contribution is -1.99. The molecule has 4 aromatic rings. The van der Waals surface area contributed by atoms with Gasteiger partial charge in [-0.1, -0.05) is 53.2 Å². The molecule has 6 heteroatoms. The van der Waals surface area contributed by atoms with E-state index in [0.717, 1.165) is 16.8 Å². The maximum Gasteiger partial charge on any atom is 0.263 e. The lowest BCUT2D eigenvalue weighted by Gasteiger charge is -2.11. The van der Waals surface area contributed by atoms with Gasteiger partial charge in [0.2, 0.25) is 5.82 Å². The summed E-state index contributed by atoms with van der Waals surface area (Å²) in [7, 11) is 0. The minimum absolute atomic E-state index is 0.372. The highest BCUT2D eigenvalue weighted by molar-refractivity contribution is 5.74. The predicted octanol–water partition coefficient (Wildman–Crippen LogP) is 4.55. The highest BCUT2D eigenvalue weighted by Gasteiger charge is 2.16. The van der Waals surface area contributed by atoms with Crippen molar-refractivity contribution >= 4 is 11.5 Å². The Labute approximate surface area is 151 Å². The molecule has 2 aromatic heterocycles. The molecule has 128 valence electrons. The van der Waals surface area contributed by atoms with Crippen molar-refractivity contribution in [2.45, 2.75) is 13.8 Å². The van der Waals surface area contributed by atoms with Crippen molar-refractivity contribution in [1.29, 1.82) is 0 Å². The second-order valence-electron chi connectivity index (χ2n) is 6.02. The molecule has 0 bridgehead atoms. The van der Waals surface area contributed by atoms with Gasteiger partial charge in [-0.2, -0.15) is 4.98 Å². The topological polar surface area (TPSA) is 76.7 Å². The Morgan fingerprint density at radius 1 is 1.00 bits per heavy atom. The van der Waals surface area contributed by atoms with Crippen molar-refractivity contribution in [2.75, 3.05) is 5.32 Å². The van der Waals surface area contributed by atoms with Crippen LogP contribution < -0.4 is 5.32 Å². The average Bonchev–Trinajstić information content (AvgIpc) is 3.15. The van der Waals surface area contributed by atoms with Gasteiger partial charge in [0.05, 0.1) is 0 Å². The van der Waals surface area contributed by atoms with E-state index in [1.165, 1.54) is 11.9 Å². The summed E-state index contributed by atoms with van der Waals surface area (Å²) in [5.74, 6) is 1.52. The van der Waals surface area contributed by atoms with Gasteiger partial charge < -0.3 is 9.84 Å². The van der Waals surface area contributed by atoms with E-state index in [0.29, 0.717) is 23.1 Å². The van der Waals surface area contributed by atoms with Crippen molar-refractivity contribution in [3.63, 3.8) is 0 Å². The molecule has 0 amide bonds. The molecule has 4 rings (SSSR count). The van der Waals surface area contributed by atoms with E-state index in [9.17, 15) is 0 Å². The first-order chi connectivity index (χ1) is 12.7. The summed E-state index contributed by atoms with van der Waals surface area (Å²) in [4.78, 5) is 12.9. The fraction of sp³-hybridized carbons (Fsp3) is 0.100. The molecule has 0 spiro atoms. The average molecular weight is 343 g/mol. The standard InChI is InChI=1S/C20H17N5O/c1-13-8-9-17(14(2)10-13)23-19-16(11-21-12-22-19)20-24-18(25-26-20)15-6-4-3-5-7-15/h3-12H,1-2H3,(H,21,22,23). The van der Waals surface area contributed by atoms with Crippen LogP contribution in [0, 0.1) is 13.8 Å². The number of aryl methyl sites for hydroxylation is 2. The molecule has 0 aliphatic heterocycles. The minimum Gasteiger partial charge on any atom is -0.339 e. The van der Waals surface area contributed by atoms with Gasteiger partial charge in [-0.3, -0.25) is 0 Å². The molecule has 1 N–H and O–H groups in total. The zero-order valence-corrected chi connectivity index (χ0v) is 14.5. The summed E-state index contributed by atoms with van der Waals surface area (Å²) in [6.07, 6.45) is 3.16. The van der Waals surface area contributed by atoms with Crippen LogP contribution in [-0.2, 0) is 0 Å². The number of benzene rings is 2. The number of hydrogen-bond donors (Lipinski definition) is 1. The number of nitrogens with one attached hydrogen (secondary N) is 1. The third-order valence-corrected chi connectivity index (χ3v) is 4.04. The van der Waals surface area contributed by atoms with Gasteiger partial charge in [-0.25, -0.2) is 9.97 Å². The zero-order valence-electron chi connectivity index (χ0n) is 14.5. The molecular formula is C20H17N5O. The van der Waals surface area contributed by atoms with Crippen LogP contribution in [-0.4, -0.2) is 20.1 Å². The Hall–Kier alpha value is -3.54. The number of hydrogen-bond acceptors (Lipinski definition) is 6. The number of nitrogens with zero attached hydrogens (tertiary/aromatic N) is 4. The maximum absolute atomic E-state index is 5.45. The Bertz CT molecular complexity index is 1040. The molecule has 2 heterocycles. The Balaban J connectivity index is 1.69. The van der Waals surface area contributed by atoms with Crippen LogP contribution in [0.25, 0.3) is 22.8 Å². The van der Waals surface area contributed by atoms with E-state index in [4.69, 9.17) is 4.52 Å². The van der Waals surface area contributed by atoms with Gasteiger partial charge in [0.25, 0.3) is 5.89 Å². The van der Waals surface area contributed by atoms with Crippen LogP contribution >= 0.6 is 0 Å². The van der Waals surface area contributed by atoms with Crippen molar-refractivity contribution < 1.29 is 4.52 Å². The molecule has 6 nitrogen and oxygen atoms in total. The molecule has 0 atom stereocenters. The van der Waals surface area contributed by atoms with Crippen LogP contribution in [0.4, 0.5) is 11.5 Å². The van der Waals surface area contributed by atoms with E-state index in [-0.39, 0.29) is 0 Å². The molecule has 0 saturated carbocycles. The lowest BCUT2D eigenvalue weighted by molar-refractivity contribution is 0.432. The first-order valence-electron chi connectivity index (χ1n) is 8.24. The highest BCUT2D eigenvalue weighted by Crippen LogP contribution is 2.29. The van der Waals surface area contributed by atoms with Crippen molar-refractivity contribution in [2.24, 2.45) is 0 Å². The van der Waals surface area contributed by atoms with Gasteiger partial charge in [0, 0.05) is 17.4 Å². The third kappa shape index (κ3) is 3.17. The largest absolute Gasteiger partial charge is 0.339 e. The molecular weight excluding hydrogens is 326 g/mol. The third-order valence-electron chi connectivity index (χ3n) is 4.04. The van der Waals surface area contributed by atoms with Crippen molar-refractivity contribution in [1.82, 2.24) is 20.1 Å². The van der Waals surface area contributed by atoms with Gasteiger partial charge in [-0.15, -0.1) is 0 Å². The summed E-state index contributed by atoms with van der Waals surface area (Å²) >= 11 is 0.